The lowest BCUT2D eigenvalue weighted by Crippen LogP contribution is -1.92. The number of hydrogen-bond donors (Lipinski definition) is 2. The molecular formula is C16H28O6. The van der Waals surface area contributed by atoms with Crippen LogP contribution in [-0.4, -0.2) is 48.6 Å². The van der Waals surface area contributed by atoms with Crippen molar-refractivity contribution in [2.24, 2.45) is 0 Å². The Kier molecular flexibility index (Phi) is 16.2. The van der Waals surface area contributed by atoms with E-state index >= 15 is 0 Å². The van der Waals surface area contributed by atoms with Gasteiger partial charge >= 0.3 is 11.9 Å². The van der Waals surface area contributed by atoms with Crippen LogP contribution in [-0.2, 0) is 19.1 Å². The molecular weight excluding hydrogens is 288 g/mol. The molecule has 0 aromatic heterocycles. The Bertz CT molecular complexity index is 267. The first-order valence-corrected chi connectivity index (χ1v) is 7.22. The van der Waals surface area contributed by atoms with Gasteiger partial charge in [-0.3, -0.25) is 0 Å². The third kappa shape index (κ3) is 20.7. The van der Waals surface area contributed by atoms with Crippen molar-refractivity contribution in [3.05, 3.63) is 24.3 Å². The van der Waals surface area contributed by atoms with Gasteiger partial charge in [0.2, 0.25) is 0 Å². The van der Waals surface area contributed by atoms with Crippen LogP contribution in [0.4, 0.5) is 0 Å². The van der Waals surface area contributed by atoms with Crippen LogP contribution in [0.5, 0.6) is 0 Å². The smallest absolute Gasteiger partial charge is 0.330 e. The maximum Gasteiger partial charge on any atom is 0.330 e. The van der Waals surface area contributed by atoms with E-state index in [9.17, 15) is 9.59 Å². The van der Waals surface area contributed by atoms with Crippen LogP contribution in [0.1, 0.15) is 39.5 Å². The molecule has 0 radical (unpaired) electrons. The molecule has 2 saturated heterocycles. The summed E-state index contributed by atoms with van der Waals surface area (Å²) in [6, 6.07) is 0. The van der Waals surface area contributed by atoms with Crippen LogP contribution in [0.15, 0.2) is 24.3 Å². The maximum atomic E-state index is 9.60. The summed E-state index contributed by atoms with van der Waals surface area (Å²) >= 11 is 0. The Labute approximate surface area is 132 Å². The fraction of sp³-hybridized carbons (Fsp3) is 0.625. The molecule has 0 aromatic rings. The minimum Gasteiger partial charge on any atom is -0.478 e. The van der Waals surface area contributed by atoms with Crippen molar-refractivity contribution in [1.29, 1.82) is 0 Å². The Morgan fingerprint density at radius 1 is 0.727 bits per heavy atom. The van der Waals surface area contributed by atoms with Gasteiger partial charge in [0, 0.05) is 37.6 Å². The lowest BCUT2D eigenvalue weighted by Gasteiger charge is -1.79. The number of carboxylic acid groups (broad SMARTS) is 2. The predicted molar refractivity (Wildman–Crippen MR) is 85.0 cm³/mol. The van der Waals surface area contributed by atoms with Crippen LogP contribution in [0, 0.1) is 0 Å². The highest BCUT2D eigenvalue weighted by molar-refractivity contribution is 5.85. The highest BCUT2D eigenvalue weighted by Gasteiger charge is 1.95. The predicted octanol–water partition coefficient (Wildman–Crippen LogP) is 2.89. The van der Waals surface area contributed by atoms with Gasteiger partial charge in [0.15, 0.2) is 0 Å². The van der Waals surface area contributed by atoms with Crippen molar-refractivity contribution in [2.75, 3.05) is 26.4 Å². The van der Waals surface area contributed by atoms with E-state index in [2.05, 4.69) is 13.2 Å². The molecule has 0 bridgehead atoms. The largest absolute Gasteiger partial charge is 0.478 e. The molecule has 0 spiro atoms. The van der Waals surface area contributed by atoms with Gasteiger partial charge in [-0.05, 0) is 39.5 Å². The molecule has 2 aliphatic heterocycles. The van der Waals surface area contributed by atoms with Gasteiger partial charge in [-0.1, -0.05) is 13.2 Å². The fourth-order valence-electron chi connectivity index (χ4n) is 1.02. The molecule has 0 aromatic carbocycles. The van der Waals surface area contributed by atoms with Gasteiger partial charge in [0.1, 0.15) is 0 Å². The van der Waals surface area contributed by atoms with Crippen molar-refractivity contribution in [3.63, 3.8) is 0 Å². The quantitative estimate of drug-likeness (QED) is 0.761. The van der Waals surface area contributed by atoms with Crippen molar-refractivity contribution in [1.82, 2.24) is 0 Å². The Morgan fingerprint density at radius 3 is 0.955 bits per heavy atom. The van der Waals surface area contributed by atoms with Gasteiger partial charge < -0.3 is 19.7 Å². The zero-order chi connectivity index (χ0) is 17.4. The molecule has 0 amide bonds. The summed E-state index contributed by atoms with van der Waals surface area (Å²) in [5.74, 6) is -1.87. The minimum absolute atomic E-state index is 0.176. The molecule has 0 aliphatic carbocycles. The molecule has 6 heteroatoms. The maximum absolute atomic E-state index is 9.60. The van der Waals surface area contributed by atoms with E-state index in [4.69, 9.17) is 19.7 Å². The molecule has 2 rings (SSSR count). The molecule has 128 valence electrons. The average Bonchev–Trinajstić information content (AvgIpc) is 3.18. The SMILES string of the molecule is C1CCOC1.C1CCOC1.C=C(C)C(=O)O.C=C(C)C(=O)O. The van der Waals surface area contributed by atoms with E-state index < -0.39 is 11.9 Å². The zero-order valence-electron chi connectivity index (χ0n) is 13.6. The topological polar surface area (TPSA) is 93.1 Å². The van der Waals surface area contributed by atoms with E-state index in [-0.39, 0.29) is 11.1 Å². The molecule has 2 fully saturated rings. The van der Waals surface area contributed by atoms with Gasteiger partial charge in [-0.25, -0.2) is 9.59 Å². The molecule has 0 unspecified atom stereocenters. The molecule has 2 N–H and O–H groups in total. The normalized spacial score (nSPS) is 15.0. The summed E-state index contributed by atoms with van der Waals surface area (Å²) in [6.07, 6.45) is 5.11. The zero-order valence-corrected chi connectivity index (χ0v) is 13.6. The van der Waals surface area contributed by atoms with E-state index in [0.29, 0.717) is 0 Å². The first-order chi connectivity index (χ1) is 10.3. The van der Waals surface area contributed by atoms with Crippen molar-refractivity contribution < 1.29 is 29.3 Å². The summed E-state index contributed by atoms with van der Waals surface area (Å²) in [6.45, 7) is 13.2. The van der Waals surface area contributed by atoms with E-state index in [1.165, 1.54) is 39.5 Å². The number of aliphatic carboxylic acids is 2. The number of hydrogen-bond acceptors (Lipinski definition) is 4. The van der Waals surface area contributed by atoms with Gasteiger partial charge in [0.25, 0.3) is 0 Å². The molecule has 0 saturated carbocycles. The summed E-state index contributed by atoms with van der Waals surface area (Å²) in [5, 5.41) is 15.8. The molecule has 0 atom stereocenters. The lowest BCUT2D eigenvalue weighted by molar-refractivity contribution is -0.133. The first kappa shape index (κ1) is 22.6. The van der Waals surface area contributed by atoms with E-state index in [1.54, 1.807) is 0 Å². The first-order valence-electron chi connectivity index (χ1n) is 7.22. The molecule has 2 heterocycles. The fourth-order valence-corrected chi connectivity index (χ4v) is 1.02. The lowest BCUT2D eigenvalue weighted by atomic mass is 10.4. The number of ether oxygens (including phenoxy) is 2. The van der Waals surface area contributed by atoms with Crippen molar-refractivity contribution in [3.8, 4) is 0 Å². The van der Waals surface area contributed by atoms with E-state index in [1.807, 2.05) is 0 Å². The number of carbonyl (C=O) groups is 2. The summed E-state index contributed by atoms with van der Waals surface area (Å²) in [4.78, 5) is 19.2. The van der Waals surface area contributed by atoms with Crippen LogP contribution in [0.3, 0.4) is 0 Å². The van der Waals surface area contributed by atoms with Gasteiger partial charge in [-0.15, -0.1) is 0 Å². The summed E-state index contributed by atoms with van der Waals surface area (Å²) < 4.78 is 9.89. The highest BCUT2D eigenvalue weighted by atomic mass is 16.5. The standard InChI is InChI=1S/2C4H6O2.2C4H8O/c2*1-3(2)4(5)6;2*1-2-4-5-3-1/h2*1H2,2H3,(H,5,6);2*1-4H2. The third-order valence-electron chi connectivity index (χ3n) is 2.38. The van der Waals surface area contributed by atoms with E-state index in [0.717, 1.165) is 26.4 Å². The van der Waals surface area contributed by atoms with Crippen molar-refractivity contribution >= 4 is 11.9 Å². The average molecular weight is 316 g/mol. The summed E-state index contributed by atoms with van der Waals surface area (Å²) in [7, 11) is 0. The summed E-state index contributed by atoms with van der Waals surface area (Å²) in [5.41, 5.74) is 0.352. The second-order valence-corrected chi connectivity index (χ2v) is 4.81. The number of carboxylic acids is 2. The molecule has 6 nitrogen and oxygen atoms in total. The highest BCUT2D eigenvalue weighted by Crippen LogP contribution is 1.98. The Morgan fingerprint density at radius 2 is 0.909 bits per heavy atom. The second-order valence-electron chi connectivity index (χ2n) is 4.81. The Balaban J connectivity index is 0. The van der Waals surface area contributed by atoms with Crippen LogP contribution < -0.4 is 0 Å². The minimum atomic E-state index is -0.935. The van der Waals surface area contributed by atoms with Gasteiger partial charge in [0.05, 0.1) is 0 Å². The number of rotatable bonds is 2. The second kappa shape index (κ2) is 15.7. The van der Waals surface area contributed by atoms with Crippen LogP contribution in [0.2, 0.25) is 0 Å². The third-order valence-corrected chi connectivity index (χ3v) is 2.38. The molecule has 22 heavy (non-hydrogen) atoms. The van der Waals surface area contributed by atoms with Crippen molar-refractivity contribution in [2.45, 2.75) is 39.5 Å². The molecule has 2 aliphatic rings. The van der Waals surface area contributed by atoms with Crippen LogP contribution in [0.25, 0.3) is 0 Å². The van der Waals surface area contributed by atoms with Gasteiger partial charge in [-0.2, -0.15) is 0 Å². The van der Waals surface area contributed by atoms with Crippen LogP contribution >= 0.6 is 0 Å². The Hall–Kier alpha value is -1.66. The monoisotopic (exact) mass is 316 g/mol.